The van der Waals surface area contributed by atoms with Gasteiger partial charge < -0.3 is 0 Å². The van der Waals surface area contributed by atoms with Gasteiger partial charge >= 0.3 is 0 Å². The summed E-state index contributed by atoms with van der Waals surface area (Å²) in [7, 11) is 0. The molecule has 8 atom stereocenters. The van der Waals surface area contributed by atoms with Gasteiger partial charge in [0.1, 0.15) is 5.82 Å². The number of rotatable bonds is 4. The molecule has 0 spiro atoms. The molecule has 1 saturated heterocycles. The number of imide groups is 1. The first-order valence-electron chi connectivity index (χ1n) is 11.6. The van der Waals surface area contributed by atoms with E-state index in [9.17, 15) is 18.8 Å². The van der Waals surface area contributed by atoms with Crippen molar-refractivity contribution in [2.24, 2.45) is 41.4 Å². The molecule has 2 aromatic rings. The maximum Gasteiger partial charge on any atom is 0.238 e. The number of Topliss-reactive ketones (excluding diaryl/α,β-unsaturated/α-hetero) is 1. The minimum absolute atomic E-state index is 0.0403. The third-order valence-electron chi connectivity index (χ3n) is 8.57. The van der Waals surface area contributed by atoms with Crippen LogP contribution in [0.4, 0.5) is 10.1 Å². The van der Waals surface area contributed by atoms with Gasteiger partial charge in [-0.1, -0.05) is 35.9 Å². The van der Waals surface area contributed by atoms with Crippen molar-refractivity contribution in [2.45, 2.75) is 18.8 Å². The molecule has 0 radical (unpaired) electrons. The molecule has 4 fully saturated rings. The monoisotopic (exact) mass is 461 g/mol. The van der Waals surface area contributed by atoms with Crippen molar-refractivity contribution in [1.29, 1.82) is 0 Å². The van der Waals surface area contributed by atoms with Gasteiger partial charge in [0.25, 0.3) is 0 Å². The second kappa shape index (κ2) is 6.63. The highest BCUT2D eigenvalue weighted by atomic mass is 35.5. The Kier molecular flexibility index (Phi) is 3.95. The quantitative estimate of drug-likeness (QED) is 0.365. The summed E-state index contributed by atoms with van der Waals surface area (Å²) in [5.41, 5.74) is 2.04. The van der Waals surface area contributed by atoms with E-state index in [-0.39, 0.29) is 58.1 Å². The summed E-state index contributed by atoms with van der Waals surface area (Å²) in [5.74, 6) is 0.398. The van der Waals surface area contributed by atoms with Crippen molar-refractivity contribution in [3.05, 3.63) is 76.6 Å². The SMILES string of the molecule is O=C(c1ccc(F)c(Cl)c1)C1CC1c1ccc(N2C(=O)C3C4C=CC(C5CC45)C3C2=O)cc1. The highest BCUT2D eigenvalue weighted by molar-refractivity contribution is 6.31. The number of carbonyl (C=O) groups excluding carboxylic acids is 3. The third kappa shape index (κ3) is 2.72. The van der Waals surface area contributed by atoms with Crippen LogP contribution in [0.5, 0.6) is 0 Å². The van der Waals surface area contributed by atoms with Crippen molar-refractivity contribution in [2.75, 3.05) is 4.90 Å². The van der Waals surface area contributed by atoms with E-state index in [0.717, 1.165) is 18.4 Å². The number of nitrogens with zero attached hydrogens (tertiary/aromatic N) is 1. The van der Waals surface area contributed by atoms with Crippen LogP contribution < -0.4 is 4.90 Å². The smallest absolute Gasteiger partial charge is 0.238 e. The van der Waals surface area contributed by atoms with Gasteiger partial charge in [0.05, 0.1) is 22.5 Å². The molecular weight excluding hydrogens is 441 g/mol. The third-order valence-corrected chi connectivity index (χ3v) is 8.86. The zero-order valence-electron chi connectivity index (χ0n) is 17.7. The molecule has 2 amide bonds. The van der Waals surface area contributed by atoms with Gasteiger partial charge in [-0.3, -0.25) is 19.3 Å². The zero-order chi connectivity index (χ0) is 22.6. The lowest BCUT2D eigenvalue weighted by Crippen LogP contribution is -2.40. The van der Waals surface area contributed by atoms with Crippen LogP contribution in [0.3, 0.4) is 0 Å². The van der Waals surface area contributed by atoms with Crippen molar-refractivity contribution in [3.63, 3.8) is 0 Å². The molecule has 8 unspecified atom stereocenters. The summed E-state index contributed by atoms with van der Waals surface area (Å²) in [5, 5.41) is -0.0520. The predicted molar refractivity (Wildman–Crippen MR) is 120 cm³/mol. The van der Waals surface area contributed by atoms with E-state index in [1.165, 1.54) is 23.1 Å². The van der Waals surface area contributed by atoms with Crippen LogP contribution in [0, 0.1) is 47.2 Å². The van der Waals surface area contributed by atoms with E-state index >= 15 is 0 Å². The Morgan fingerprint density at radius 3 is 2.15 bits per heavy atom. The summed E-state index contributed by atoms with van der Waals surface area (Å²) < 4.78 is 13.4. The zero-order valence-corrected chi connectivity index (χ0v) is 18.4. The molecule has 5 aliphatic carbocycles. The standard InChI is InChI=1S/C27H21ClFNO3/c28-21-9-13(3-8-22(21)29)25(31)20-10-17(20)12-1-4-14(5-2-12)30-26(32)23-15-6-7-16(19-11-18(15)19)24(23)27(30)33/h1-9,15-20,23-24H,10-11H2. The van der Waals surface area contributed by atoms with E-state index in [1.54, 1.807) is 0 Å². The number of halogens is 2. The van der Waals surface area contributed by atoms with Crippen molar-refractivity contribution in [3.8, 4) is 0 Å². The average Bonchev–Trinajstić information content (AvgIpc) is 3.74. The van der Waals surface area contributed by atoms with Gasteiger partial charge in [-0.25, -0.2) is 4.39 Å². The lowest BCUT2D eigenvalue weighted by Gasteiger charge is -2.37. The maximum atomic E-state index is 13.4. The molecule has 8 rings (SSSR count). The molecule has 0 N–H and O–H groups in total. The van der Waals surface area contributed by atoms with Gasteiger partial charge in [0.2, 0.25) is 11.8 Å². The number of anilines is 1. The van der Waals surface area contributed by atoms with E-state index in [4.69, 9.17) is 11.6 Å². The van der Waals surface area contributed by atoms with Gasteiger partial charge in [0, 0.05) is 11.5 Å². The molecule has 2 bridgehead atoms. The van der Waals surface area contributed by atoms with Crippen LogP contribution in [-0.2, 0) is 9.59 Å². The maximum absolute atomic E-state index is 13.4. The Hall–Kier alpha value is -2.79. The fourth-order valence-corrected chi connectivity index (χ4v) is 6.98. The Morgan fingerprint density at radius 2 is 1.55 bits per heavy atom. The molecule has 0 aromatic heterocycles. The van der Waals surface area contributed by atoms with Crippen molar-refractivity contribution >= 4 is 34.9 Å². The van der Waals surface area contributed by atoms with E-state index in [2.05, 4.69) is 12.2 Å². The number of allylic oxidation sites excluding steroid dienone is 2. The number of ketones is 1. The Bertz CT molecular complexity index is 1230. The lowest BCUT2D eigenvalue weighted by atomic mass is 9.63. The van der Waals surface area contributed by atoms with Gasteiger partial charge in [-0.15, -0.1) is 0 Å². The summed E-state index contributed by atoms with van der Waals surface area (Å²) in [4.78, 5) is 40.7. The first-order chi connectivity index (χ1) is 15.9. The number of carbonyl (C=O) groups is 3. The molecule has 6 aliphatic rings. The largest absolute Gasteiger partial charge is 0.294 e. The molecule has 33 heavy (non-hydrogen) atoms. The van der Waals surface area contributed by atoms with Crippen LogP contribution in [0.25, 0.3) is 0 Å². The normalized spacial score (nSPS) is 37.2. The molecule has 1 heterocycles. The van der Waals surface area contributed by atoms with Gasteiger partial charge in [-0.05, 0) is 78.3 Å². The van der Waals surface area contributed by atoms with Crippen LogP contribution in [0.1, 0.15) is 34.7 Å². The van der Waals surface area contributed by atoms with Gasteiger partial charge in [-0.2, -0.15) is 0 Å². The van der Waals surface area contributed by atoms with Crippen molar-refractivity contribution in [1.82, 2.24) is 0 Å². The second-order valence-corrected chi connectivity index (χ2v) is 10.6. The summed E-state index contributed by atoms with van der Waals surface area (Å²) in [6.07, 6.45) is 6.22. The topological polar surface area (TPSA) is 54.5 Å². The molecule has 4 nitrogen and oxygen atoms in total. The first-order valence-corrected chi connectivity index (χ1v) is 12.0. The first kappa shape index (κ1) is 19.7. The van der Waals surface area contributed by atoms with Gasteiger partial charge in [0.15, 0.2) is 5.78 Å². The number of hydrogen-bond acceptors (Lipinski definition) is 3. The molecule has 2 aromatic carbocycles. The molecule has 6 heteroatoms. The lowest BCUT2D eigenvalue weighted by molar-refractivity contribution is -0.124. The molecule has 166 valence electrons. The van der Waals surface area contributed by atoms with E-state index in [0.29, 0.717) is 23.1 Å². The minimum Gasteiger partial charge on any atom is -0.294 e. The summed E-state index contributed by atoms with van der Waals surface area (Å²) in [6.45, 7) is 0. The average molecular weight is 462 g/mol. The number of amides is 2. The fourth-order valence-electron chi connectivity index (χ4n) is 6.80. The minimum atomic E-state index is -0.539. The highest BCUT2D eigenvalue weighted by Crippen LogP contribution is 2.65. The van der Waals surface area contributed by atoms with Crippen LogP contribution >= 0.6 is 11.6 Å². The molecule has 3 saturated carbocycles. The summed E-state index contributed by atoms with van der Waals surface area (Å²) >= 11 is 5.83. The van der Waals surface area contributed by atoms with E-state index in [1.807, 2.05) is 24.3 Å². The Balaban J connectivity index is 1.09. The van der Waals surface area contributed by atoms with Crippen LogP contribution in [0.15, 0.2) is 54.6 Å². The highest BCUT2D eigenvalue weighted by Gasteiger charge is 2.67. The number of hydrogen-bond donors (Lipinski definition) is 0. The number of benzene rings is 2. The van der Waals surface area contributed by atoms with Crippen LogP contribution in [0.2, 0.25) is 5.02 Å². The second-order valence-electron chi connectivity index (χ2n) is 10.2. The fraction of sp³-hybridized carbons (Fsp3) is 0.370. The molecule has 1 aliphatic heterocycles. The van der Waals surface area contributed by atoms with Crippen LogP contribution in [-0.4, -0.2) is 17.6 Å². The molecular formula is C27H21ClFNO3. The summed E-state index contributed by atoms with van der Waals surface area (Å²) in [6, 6.07) is 11.6. The van der Waals surface area contributed by atoms with E-state index < -0.39 is 5.82 Å². The Labute approximate surface area is 195 Å². The Morgan fingerprint density at radius 1 is 0.909 bits per heavy atom. The van der Waals surface area contributed by atoms with Crippen molar-refractivity contribution < 1.29 is 18.8 Å². The predicted octanol–water partition coefficient (Wildman–Crippen LogP) is 5.02.